The Balaban J connectivity index is 2.01. The minimum Gasteiger partial charge on any atom is -0.483 e. The number of rotatable bonds is 5. The van der Waals surface area contributed by atoms with Gasteiger partial charge in [0.1, 0.15) is 5.75 Å². The smallest absolute Gasteiger partial charge is 0.260 e. The van der Waals surface area contributed by atoms with E-state index in [4.69, 9.17) is 10.5 Å². The van der Waals surface area contributed by atoms with Gasteiger partial charge in [0.15, 0.2) is 6.61 Å². The summed E-state index contributed by atoms with van der Waals surface area (Å²) >= 11 is 0. The summed E-state index contributed by atoms with van der Waals surface area (Å²) < 4.78 is 5.78. The van der Waals surface area contributed by atoms with Crippen LogP contribution in [-0.4, -0.2) is 36.5 Å². The quantitative estimate of drug-likeness (QED) is 0.904. The summed E-state index contributed by atoms with van der Waals surface area (Å²) in [5.41, 5.74) is 9.21. The van der Waals surface area contributed by atoms with E-state index in [1.807, 2.05) is 25.7 Å². The molecule has 1 aliphatic heterocycles. The normalized spacial score (nSPS) is 16.1. The molecule has 4 heteroatoms. The number of hydrogen-bond acceptors (Lipinski definition) is 3. The van der Waals surface area contributed by atoms with Gasteiger partial charge in [-0.2, -0.15) is 0 Å². The Morgan fingerprint density at radius 1 is 1.29 bits per heavy atom. The fourth-order valence-corrected chi connectivity index (χ4v) is 2.95. The number of aryl methyl sites for hydroxylation is 2. The second-order valence-corrected chi connectivity index (χ2v) is 6.12. The highest BCUT2D eigenvalue weighted by Crippen LogP contribution is 2.25. The molecule has 0 aliphatic carbocycles. The predicted octanol–water partition coefficient (Wildman–Crippen LogP) is 2.19. The summed E-state index contributed by atoms with van der Waals surface area (Å²) in [7, 11) is 0. The van der Waals surface area contributed by atoms with Crippen LogP contribution in [0.15, 0.2) is 12.1 Å². The van der Waals surface area contributed by atoms with Gasteiger partial charge in [0.05, 0.1) is 0 Å². The van der Waals surface area contributed by atoms with Crippen LogP contribution in [0.1, 0.15) is 36.5 Å². The number of hydrogen-bond donors (Lipinski definition) is 1. The van der Waals surface area contributed by atoms with E-state index in [-0.39, 0.29) is 18.6 Å². The Labute approximate surface area is 127 Å². The first-order chi connectivity index (χ1) is 9.97. The fourth-order valence-electron chi connectivity index (χ4n) is 2.95. The van der Waals surface area contributed by atoms with Crippen LogP contribution in [-0.2, 0) is 11.2 Å². The maximum absolute atomic E-state index is 12.0. The van der Waals surface area contributed by atoms with Gasteiger partial charge < -0.3 is 15.4 Å². The van der Waals surface area contributed by atoms with E-state index in [1.54, 1.807) is 0 Å². The Hall–Kier alpha value is -1.55. The van der Waals surface area contributed by atoms with Crippen molar-refractivity contribution in [3.63, 3.8) is 0 Å². The number of nitrogens with zero attached hydrogens (tertiary/aromatic N) is 1. The van der Waals surface area contributed by atoms with Crippen molar-refractivity contribution in [1.29, 1.82) is 0 Å². The van der Waals surface area contributed by atoms with Gasteiger partial charge >= 0.3 is 0 Å². The van der Waals surface area contributed by atoms with Crippen molar-refractivity contribution in [2.45, 2.75) is 46.1 Å². The first-order valence-corrected chi connectivity index (χ1v) is 7.73. The van der Waals surface area contributed by atoms with Gasteiger partial charge in [-0.05, 0) is 56.7 Å². The molecule has 0 radical (unpaired) electrons. The second kappa shape index (κ2) is 6.94. The molecule has 116 valence electrons. The Kier molecular flexibility index (Phi) is 5.23. The monoisotopic (exact) mass is 290 g/mol. The highest BCUT2D eigenvalue weighted by Gasteiger charge is 2.19. The number of benzene rings is 1. The third-order valence-corrected chi connectivity index (χ3v) is 3.88. The van der Waals surface area contributed by atoms with Crippen LogP contribution in [0.25, 0.3) is 0 Å². The standard InChI is InChI=1S/C17H26N2O2/c1-12-8-15(10-14(3)18)9-13(2)17(12)21-11-16(20)19-6-4-5-7-19/h8-9,14H,4-7,10-11,18H2,1-3H3. The largest absolute Gasteiger partial charge is 0.483 e. The van der Waals surface area contributed by atoms with Gasteiger partial charge in [-0.25, -0.2) is 0 Å². The van der Waals surface area contributed by atoms with Crippen molar-refractivity contribution in [2.75, 3.05) is 19.7 Å². The third-order valence-electron chi connectivity index (χ3n) is 3.88. The molecule has 0 saturated carbocycles. The van der Waals surface area contributed by atoms with Crippen LogP contribution < -0.4 is 10.5 Å². The van der Waals surface area contributed by atoms with E-state index in [2.05, 4.69) is 12.1 Å². The van der Waals surface area contributed by atoms with Crippen molar-refractivity contribution in [1.82, 2.24) is 4.90 Å². The summed E-state index contributed by atoms with van der Waals surface area (Å²) in [5, 5.41) is 0. The highest BCUT2D eigenvalue weighted by atomic mass is 16.5. The van der Waals surface area contributed by atoms with Crippen LogP contribution >= 0.6 is 0 Å². The molecular weight excluding hydrogens is 264 g/mol. The zero-order chi connectivity index (χ0) is 15.4. The van der Waals surface area contributed by atoms with Crippen LogP contribution in [0, 0.1) is 13.8 Å². The van der Waals surface area contributed by atoms with Crippen LogP contribution in [0.3, 0.4) is 0 Å². The predicted molar refractivity (Wildman–Crippen MR) is 84.6 cm³/mol. The first kappa shape index (κ1) is 15.8. The molecule has 0 bridgehead atoms. The third kappa shape index (κ3) is 4.21. The molecule has 1 aromatic rings. The average molecular weight is 290 g/mol. The van der Waals surface area contributed by atoms with E-state index in [0.29, 0.717) is 0 Å². The zero-order valence-electron chi connectivity index (χ0n) is 13.3. The lowest BCUT2D eigenvalue weighted by Gasteiger charge is -2.18. The van der Waals surface area contributed by atoms with E-state index in [1.165, 1.54) is 5.56 Å². The number of nitrogens with two attached hydrogens (primary N) is 1. The summed E-state index contributed by atoms with van der Waals surface area (Å²) in [6.45, 7) is 7.92. The molecule has 1 heterocycles. The van der Waals surface area contributed by atoms with Crippen molar-refractivity contribution >= 4 is 5.91 Å². The number of likely N-dealkylation sites (tertiary alicyclic amines) is 1. The molecule has 1 aliphatic rings. The summed E-state index contributed by atoms with van der Waals surface area (Å²) in [5.74, 6) is 0.918. The average Bonchev–Trinajstić information content (AvgIpc) is 2.90. The van der Waals surface area contributed by atoms with E-state index >= 15 is 0 Å². The van der Waals surface area contributed by atoms with Gasteiger partial charge in [-0.3, -0.25) is 4.79 Å². The Morgan fingerprint density at radius 2 is 1.86 bits per heavy atom. The number of carbonyl (C=O) groups excluding carboxylic acids is 1. The number of ether oxygens (including phenoxy) is 1. The Morgan fingerprint density at radius 3 is 2.38 bits per heavy atom. The Bertz CT molecular complexity index is 483. The first-order valence-electron chi connectivity index (χ1n) is 7.73. The van der Waals surface area contributed by atoms with Gasteiger partial charge in [0.25, 0.3) is 5.91 Å². The summed E-state index contributed by atoms with van der Waals surface area (Å²) in [6.07, 6.45) is 3.07. The SMILES string of the molecule is Cc1cc(CC(C)N)cc(C)c1OCC(=O)N1CCCC1. The second-order valence-electron chi connectivity index (χ2n) is 6.12. The highest BCUT2D eigenvalue weighted by molar-refractivity contribution is 5.78. The van der Waals surface area contributed by atoms with Crippen molar-refractivity contribution < 1.29 is 9.53 Å². The minimum absolute atomic E-state index is 0.0888. The maximum atomic E-state index is 12.0. The summed E-state index contributed by atoms with van der Waals surface area (Å²) in [6, 6.07) is 4.35. The molecule has 1 amide bonds. The molecule has 21 heavy (non-hydrogen) atoms. The molecule has 2 N–H and O–H groups in total. The lowest BCUT2D eigenvalue weighted by atomic mass is 10.0. The molecular formula is C17H26N2O2. The van der Waals surface area contributed by atoms with Gasteiger partial charge in [0, 0.05) is 19.1 Å². The molecule has 4 nitrogen and oxygen atoms in total. The fraction of sp³-hybridized carbons (Fsp3) is 0.588. The molecule has 2 rings (SSSR count). The van der Waals surface area contributed by atoms with E-state index in [0.717, 1.165) is 49.2 Å². The molecule has 0 aromatic heterocycles. The molecule has 1 atom stereocenters. The molecule has 1 saturated heterocycles. The van der Waals surface area contributed by atoms with Gasteiger partial charge in [-0.15, -0.1) is 0 Å². The zero-order valence-corrected chi connectivity index (χ0v) is 13.3. The lowest BCUT2D eigenvalue weighted by molar-refractivity contribution is -0.132. The number of carbonyl (C=O) groups is 1. The topological polar surface area (TPSA) is 55.6 Å². The molecule has 1 fully saturated rings. The van der Waals surface area contributed by atoms with Crippen LogP contribution in [0.5, 0.6) is 5.75 Å². The van der Waals surface area contributed by atoms with Gasteiger partial charge in [0.2, 0.25) is 0 Å². The van der Waals surface area contributed by atoms with Crippen LogP contribution in [0.2, 0.25) is 0 Å². The van der Waals surface area contributed by atoms with Crippen molar-refractivity contribution in [3.8, 4) is 5.75 Å². The number of amides is 1. The lowest BCUT2D eigenvalue weighted by Crippen LogP contribution is -2.32. The maximum Gasteiger partial charge on any atom is 0.260 e. The summed E-state index contributed by atoms with van der Waals surface area (Å²) in [4.78, 5) is 13.9. The molecule has 1 aromatic carbocycles. The van der Waals surface area contributed by atoms with Crippen molar-refractivity contribution in [2.24, 2.45) is 5.73 Å². The van der Waals surface area contributed by atoms with E-state index < -0.39 is 0 Å². The van der Waals surface area contributed by atoms with Crippen LogP contribution in [0.4, 0.5) is 0 Å². The van der Waals surface area contributed by atoms with Gasteiger partial charge in [-0.1, -0.05) is 12.1 Å². The molecule has 1 unspecified atom stereocenters. The van der Waals surface area contributed by atoms with E-state index in [9.17, 15) is 4.79 Å². The van der Waals surface area contributed by atoms with Crippen molar-refractivity contribution in [3.05, 3.63) is 28.8 Å². The molecule has 0 spiro atoms. The minimum atomic E-state index is 0.0888.